The van der Waals surface area contributed by atoms with Crippen molar-refractivity contribution in [1.29, 1.82) is 0 Å². The Balaban J connectivity index is 1.82. The Kier molecular flexibility index (Phi) is 6.15. The average Bonchev–Trinajstić information content (AvgIpc) is 2.41. The maximum Gasteiger partial charge on any atom is 0.123 e. The molecule has 3 nitrogen and oxygen atoms in total. The van der Waals surface area contributed by atoms with Crippen molar-refractivity contribution in [1.82, 2.24) is 10.2 Å². The summed E-state index contributed by atoms with van der Waals surface area (Å²) in [5.74, 6) is 0.462. The van der Waals surface area contributed by atoms with Crippen LogP contribution in [-0.2, 0) is 0 Å². The van der Waals surface area contributed by atoms with E-state index >= 15 is 0 Å². The lowest BCUT2D eigenvalue weighted by atomic mass is 9.82. The lowest BCUT2D eigenvalue weighted by molar-refractivity contribution is 0.0279. The standard InChI is InChI=1S/C17H27FN2O/c1-3-19-17(14-5-4-6-15(18)11-14)7-8-20(2)12-13-9-16(21)10-13/h4-6,11,13,16-17,19,21H,3,7-10,12H2,1-2H3. The van der Waals surface area contributed by atoms with E-state index in [9.17, 15) is 9.50 Å². The summed E-state index contributed by atoms with van der Waals surface area (Å²) in [7, 11) is 2.12. The van der Waals surface area contributed by atoms with Crippen molar-refractivity contribution in [3.8, 4) is 0 Å². The summed E-state index contributed by atoms with van der Waals surface area (Å²) in [6, 6.07) is 7.06. The van der Waals surface area contributed by atoms with Gasteiger partial charge in [-0.25, -0.2) is 4.39 Å². The molecule has 118 valence electrons. The van der Waals surface area contributed by atoms with E-state index in [2.05, 4.69) is 24.2 Å². The molecule has 2 rings (SSSR count). The van der Waals surface area contributed by atoms with Crippen molar-refractivity contribution < 1.29 is 9.50 Å². The van der Waals surface area contributed by atoms with Gasteiger partial charge in [-0.3, -0.25) is 0 Å². The van der Waals surface area contributed by atoms with Gasteiger partial charge >= 0.3 is 0 Å². The quantitative estimate of drug-likeness (QED) is 0.773. The fourth-order valence-electron chi connectivity index (χ4n) is 3.09. The van der Waals surface area contributed by atoms with Crippen molar-refractivity contribution in [3.05, 3.63) is 35.6 Å². The van der Waals surface area contributed by atoms with Crippen molar-refractivity contribution in [2.24, 2.45) is 5.92 Å². The number of aliphatic hydroxyl groups excluding tert-OH is 1. The molecule has 4 heteroatoms. The summed E-state index contributed by atoms with van der Waals surface area (Å²) < 4.78 is 13.4. The highest BCUT2D eigenvalue weighted by atomic mass is 19.1. The van der Waals surface area contributed by atoms with Crippen LogP contribution < -0.4 is 5.32 Å². The summed E-state index contributed by atoms with van der Waals surface area (Å²) in [5.41, 5.74) is 1.02. The van der Waals surface area contributed by atoms with Gasteiger partial charge in [0, 0.05) is 12.6 Å². The third kappa shape index (κ3) is 5.06. The van der Waals surface area contributed by atoms with E-state index in [0.29, 0.717) is 5.92 Å². The van der Waals surface area contributed by atoms with E-state index in [-0.39, 0.29) is 18.0 Å². The van der Waals surface area contributed by atoms with Crippen LogP contribution in [0.25, 0.3) is 0 Å². The van der Waals surface area contributed by atoms with Crippen molar-refractivity contribution >= 4 is 0 Å². The molecule has 0 saturated heterocycles. The Morgan fingerprint density at radius 1 is 1.43 bits per heavy atom. The first kappa shape index (κ1) is 16.4. The second-order valence-electron chi connectivity index (χ2n) is 6.21. The Bertz CT molecular complexity index is 435. The molecule has 0 heterocycles. The fraction of sp³-hybridized carbons (Fsp3) is 0.647. The number of hydrogen-bond acceptors (Lipinski definition) is 3. The maximum atomic E-state index is 13.4. The third-order valence-corrected chi connectivity index (χ3v) is 4.28. The largest absolute Gasteiger partial charge is 0.393 e. The van der Waals surface area contributed by atoms with Gasteiger partial charge in [-0.05, 0) is 63.0 Å². The molecule has 1 aliphatic carbocycles. The van der Waals surface area contributed by atoms with E-state index in [4.69, 9.17) is 0 Å². The minimum absolute atomic E-state index is 0.0785. The Hall–Kier alpha value is -0.970. The van der Waals surface area contributed by atoms with Gasteiger partial charge in [0.1, 0.15) is 5.82 Å². The van der Waals surface area contributed by atoms with E-state index in [0.717, 1.165) is 44.5 Å². The van der Waals surface area contributed by atoms with Crippen LogP contribution in [0.5, 0.6) is 0 Å². The molecule has 1 aliphatic rings. The van der Waals surface area contributed by atoms with Crippen molar-refractivity contribution in [2.45, 2.75) is 38.3 Å². The third-order valence-electron chi connectivity index (χ3n) is 4.28. The molecular formula is C17H27FN2O. The topological polar surface area (TPSA) is 35.5 Å². The van der Waals surface area contributed by atoms with Gasteiger partial charge in [-0.1, -0.05) is 19.1 Å². The summed E-state index contributed by atoms with van der Waals surface area (Å²) >= 11 is 0. The van der Waals surface area contributed by atoms with Crippen LogP contribution >= 0.6 is 0 Å². The highest BCUT2D eigenvalue weighted by Gasteiger charge is 2.27. The molecule has 0 radical (unpaired) electrons. The van der Waals surface area contributed by atoms with E-state index in [1.165, 1.54) is 6.07 Å². The van der Waals surface area contributed by atoms with Crippen LogP contribution in [0.4, 0.5) is 4.39 Å². The van der Waals surface area contributed by atoms with Crippen LogP contribution in [0.2, 0.25) is 0 Å². The predicted molar refractivity (Wildman–Crippen MR) is 83.7 cm³/mol. The molecule has 0 bridgehead atoms. The molecule has 0 aromatic heterocycles. The van der Waals surface area contributed by atoms with Gasteiger partial charge in [-0.2, -0.15) is 0 Å². The maximum absolute atomic E-state index is 13.4. The number of aliphatic hydroxyl groups is 1. The first-order valence-electron chi connectivity index (χ1n) is 7.94. The Morgan fingerprint density at radius 2 is 2.19 bits per heavy atom. The highest BCUT2D eigenvalue weighted by Crippen LogP contribution is 2.28. The van der Waals surface area contributed by atoms with Gasteiger partial charge in [0.15, 0.2) is 0 Å². The SMILES string of the molecule is CCNC(CCN(C)CC1CC(O)C1)c1cccc(F)c1. The minimum atomic E-state index is -0.174. The van der Waals surface area contributed by atoms with Crippen LogP contribution in [0.3, 0.4) is 0 Å². The molecule has 1 unspecified atom stereocenters. The Labute approximate surface area is 127 Å². The number of hydrogen-bond donors (Lipinski definition) is 2. The number of rotatable bonds is 8. The van der Waals surface area contributed by atoms with E-state index in [1.807, 2.05) is 6.07 Å². The zero-order chi connectivity index (χ0) is 15.2. The van der Waals surface area contributed by atoms with E-state index < -0.39 is 0 Å². The van der Waals surface area contributed by atoms with Gasteiger partial charge in [0.2, 0.25) is 0 Å². The average molecular weight is 294 g/mol. The molecule has 0 aliphatic heterocycles. The van der Waals surface area contributed by atoms with Gasteiger partial charge in [-0.15, -0.1) is 0 Å². The van der Waals surface area contributed by atoms with Gasteiger partial charge < -0.3 is 15.3 Å². The zero-order valence-electron chi connectivity index (χ0n) is 13.1. The number of nitrogens with zero attached hydrogens (tertiary/aromatic N) is 1. The number of halogens is 1. The summed E-state index contributed by atoms with van der Waals surface area (Å²) in [4.78, 5) is 2.32. The second-order valence-corrected chi connectivity index (χ2v) is 6.21. The molecule has 1 aromatic carbocycles. The molecule has 0 amide bonds. The van der Waals surface area contributed by atoms with Crippen LogP contribution in [0.15, 0.2) is 24.3 Å². The van der Waals surface area contributed by atoms with E-state index in [1.54, 1.807) is 12.1 Å². The first-order valence-corrected chi connectivity index (χ1v) is 7.94. The molecule has 1 fully saturated rings. The molecule has 0 spiro atoms. The van der Waals surface area contributed by atoms with Crippen molar-refractivity contribution in [3.63, 3.8) is 0 Å². The molecule has 1 aromatic rings. The number of benzene rings is 1. The molecule has 2 N–H and O–H groups in total. The lowest BCUT2D eigenvalue weighted by Gasteiger charge is -2.34. The Morgan fingerprint density at radius 3 is 2.81 bits per heavy atom. The lowest BCUT2D eigenvalue weighted by Crippen LogP contribution is -2.38. The van der Waals surface area contributed by atoms with Crippen LogP contribution in [0.1, 0.15) is 37.8 Å². The summed E-state index contributed by atoms with van der Waals surface area (Å²) in [5, 5.41) is 12.8. The number of nitrogens with one attached hydrogen (secondary N) is 1. The molecule has 1 saturated carbocycles. The second kappa shape index (κ2) is 7.87. The highest BCUT2D eigenvalue weighted by molar-refractivity contribution is 5.20. The summed E-state index contributed by atoms with van der Waals surface area (Å²) in [6.45, 7) is 4.96. The van der Waals surface area contributed by atoms with Crippen LogP contribution in [0, 0.1) is 11.7 Å². The van der Waals surface area contributed by atoms with Gasteiger partial charge in [0.25, 0.3) is 0 Å². The molecule has 1 atom stereocenters. The predicted octanol–water partition coefficient (Wildman–Crippen LogP) is 2.57. The summed E-state index contributed by atoms with van der Waals surface area (Å²) in [6.07, 6.45) is 2.75. The molecule has 21 heavy (non-hydrogen) atoms. The fourth-order valence-corrected chi connectivity index (χ4v) is 3.09. The monoisotopic (exact) mass is 294 g/mol. The normalized spacial score (nSPS) is 23.1. The smallest absolute Gasteiger partial charge is 0.123 e. The van der Waals surface area contributed by atoms with Crippen molar-refractivity contribution in [2.75, 3.05) is 26.7 Å². The first-order chi connectivity index (χ1) is 10.1. The minimum Gasteiger partial charge on any atom is -0.393 e. The molecular weight excluding hydrogens is 267 g/mol. The van der Waals surface area contributed by atoms with Gasteiger partial charge in [0.05, 0.1) is 6.10 Å². The van der Waals surface area contributed by atoms with Crippen LogP contribution in [-0.4, -0.2) is 42.8 Å². The zero-order valence-corrected chi connectivity index (χ0v) is 13.1.